The van der Waals surface area contributed by atoms with Crippen molar-refractivity contribution in [3.8, 4) is 0 Å². The molecule has 0 bridgehead atoms. The maximum Gasteiger partial charge on any atom is 0.354 e. The summed E-state index contributed by atoms with van der Waals surface area (Å²) in [5.41, 5.74) is 7.74. The van der Waals surface area contributed by atoms with Crippen LogP contribution in [0.5, 0.6) is 0 Å². The van der Waals surface area contributed by atoms with Crippen LogP contribution in [0.3, 0.4) is 0 Å². The fourth-order valence-corrected chi connectivity index (χ4v) is 4.00. The van der Waals surface area contributed by atoms with Gasteiger partial charge in [0.2, 0.25) is 0 Å². The van der Waals surface area contributed by atoms with Crippen LogP contribution in [0.15, 0.2) is 29.2 Å². The number of anilines is 1. The number of hydrogen-bond donors (Lipinski definition) is 2. The summed E-state index contributed by atoms with van der Waals surface area (Å²) in [6, 6.07) is 7.91. The Balaban J connectivity index is 2.11. The van der Waals surface area contributed by atoms with Gasteiger partial charge in [-0.05, 0) is 30.7 Å². The molecule has 1 aliphatic rings. The fourth-order valence-electron chi connectivity index (χ4n) is 2.98. The molecule has 0 amide bonds. The lowest BCUT2D eigenvalue weighted by atomic mass is 10.1. The Morgan fingerprint density at radius 2 is 2.12 bits per heavy atom. The highest BCUT2D eigenvalue weighted by Crippen LogP contribution is 2.36. The standard InChI is InChI=1S/C18H23N3O2S/c1-18(2,3)24-12-4-5-13-14(8-12)20-15(17(22)23)9-16(13)21-7-6-11(19)10-21/h4-5,8-9,11H,6-7,10,19H2,1-3H3,(H,22,23)/t11-/m1/s1. The van der Waals surface area contributed by atoms with Gasteiger partial charge in [-0.2, -0.15) is 0 Å². The second-order valence-corrected chi connectivity index (χ2v) is 9.12. The van der Waals surface area contributed by atoms with Gasteiger partial charge in [0.05, 0.1) is 5.52 Å². The number of thioether (sulfide) groups is 1. The SMILES string of the molecule is CC(C)(C)Sc1ccc2c(N3CC[C@@H](N)C3)cc(C(=O)O)nc2c1. The molecule has 1 fully saturated rings. The van der Waals surface area contributed by atoms with E-state index in [9.17, 15) is 9.90 Å². The van der Waals surface area contributed by atoms with Crippen molar-refractivity contribution >= 4 is 34.3 Å². The molecule has 5 nitrogen and oxygen atoms in total. The van der Waals surface area contributed by atoms with Gasteiger partial charge in [0.25, 0.3) is 0 Å². The number of rotatable bonds is 3. The zero-order valence-corrected chi connectivity index (χ0v) is 15.1. The summed E-state index contributed by atoms with van der Waals surface area (Å²) in [6.07, 6.45) is 0.921. The van der Waals surface area contributed by atoms with Crippen LogP contribution >= 0.6 is 11.8 Å². The van der Waals surface area contributed by atoms with Gasteiger partial charge in [0.1, 0.15) is 0 Å². The maximum absolute atomic E-state index is 11.5. The minimum absolute atomic E-state index is 0.0795. The van der Waals surface area contributed by atoms with Crippen LogP contribution in [-0.2, 0) is 0 Å². The van der Waals surface area contributed by atoms with Gasteiger partial charge >= 0.3 is 5.97 Å². The van der Waals surface area contributed by atoms with Gasteiger partial charge in [-0.3, -0.25) is 0 Å². The van der Waals surface area contributed by atoms with Crippen molar-refractivity contribution < 1.29 is 9.90 Å². The van der Waals surface area contributed by atoms with Crippen LogP contribution in [0.2, 0.25) is 0 Å². The molecule has 1 saturated heterocycles. The van der Waals surface area contributed by atoms with Crippen LogP contribution in [0, 0.1) is 0 Å². The molecular formula is C18H23N3O2S. The summed E-state index contributed by atoms with van der Waals surface area (Å²) >= 11 is 1.75. The number of aromatic nitrogens is 1. The molecular weight excluding hydrogens is 322 g/mol. The normalized spacial score (nSPS) is 18.3. The van der Waals surface area contributed by atoms with E-state index in [1.54, 1.807) is 17.8 Å². The van der Waals surface area contributed by atoms with Crippen molar-refractivity contribution in [2.75, 3.05) is 18.0 Å². The largest absolute Gasteiger partial charge is 0.477 e. The lowest BCUT2D eigenvalue weighted by Gasteiger charge is -2.22. The summed E-state index contributed by atoms with van der Waals surface area (Å²) in [5.74, 6) is -1.00. The first-order valence-electron chi connectivity index (χ1n) is 8.10. The number of carboxylic acid groups (broad SMARTS) is 1. The average molecular weight is 345 g/mol. The van der Waals surface area contributed by atoms with E-state index >= 15 is 0 Å². The smallest absolute Gasteiger partial charge is 0.354 e. The molecule has 1 aromatic carbocycles. The number of hydrogen-bond acceptors (Lipinski definition) is 5. The number of fused-ring (bicyclic) bond motifs is 1. The Hall–Kier alpha value is -1.79. The van der Waals surface area contributed by atoms with Crippen LogP contribution in [-0.4, -0.2) is 39.9 Å². The molecule has 3 N–H and O–H groups in total. The number of nitrogens with zero attached hydrogens (tertiary/aromatic N) is 2. The predicted molar refractivity (Wildman–Crippen MR) is 99.1 cm³/mol. The van der Waals surface area contributed by atoms with Crippen molar-refractivity contribution in [1.29, 1.82) is 0 Å². The van der Waals surface area contributed by atoms with E-state index < -0.39 is 5.97 Å². The van der Waals surface area contributed by atoms with E-state index in [1.165, 1.54) is 0 Å². The number of pyridine rings is 1. The summed E-state index contributed by atoms with van der Waals surface area (Å²) < 4.78 is 0.0860. The van der Waals surface area contributed by atoms with Crippen molar-refractivity contribution in [3.05, 3.63) is 30.0 Å². The summed E-state index contributed by atoms with van der Waals surface area (Å²) in [4.78, 5) is 19.1. The fraction of sp³-hybridized carbons (Fsp3) is 0.444. The Morgan fingerprint density at radius 1 is 1.38 bits per heavy atom. The topological polar surface area (TPSA) is 79.5 Å². The van der Waals surface area contributed by atoms with Crippen LogP contribution in [0.25, 0.3) is 10.9 Å². The van der Waals surface area contributed by atoms with E-state index in [0.717, 1.165) is 41.0 Å². The first kappa shape index (κ1) is 17.0. The summed E-state index contributed by atoms with van der Waals surface area (Å²) in [7, 11) is 0. The third-order valence-electron chi connectivity index (χ3n) is 3.97. The zero-order chi connectivity index (χ0) is 17.5. The second kappa shape index (κ2) is 6.26. The number of carbonyl (C=O) groups is 1. The summed E-state index contributed by atoms with van der Waals surface area (Å²) in [5, 5.41) is 10.4. The third kappa shape index (κ3) is 3.65. The maximum atomic E-state index is 11.5. The lowest BCUT2D eigenvalue weighted by molar-refractivity contribution is 0.0691. The molecule has 0 spiro atoms. The van der Waals surface area contributed by atoms with Crippen molar-refractivity contribution in [3.63, 3.8) is 0 Å². The molecule has 2 aromatic rings. The quantitative estimate of drug-likeness (QED) is 0.831. The Labute approximate surface area is 146 Å². The first-order chi connectivity index (χ1) is 11.2. The highest BCUT2D eigenvalue weighted by atomic mass is 32.2. The third-order valence-corrected chi connectivity index (χ3v) is 5.07. The predicted octanol–water partition coefficient (Wildman–Crippen LogP) is 3.36. The van der Waals surface area contributed by atoms with Gasteiger partial charge in [-0.25, -0.2) is 9.78 Å². The monoisotopic (exact) mass is 345 g/mol. The molecule has 1 aliphatic heterocycles. The van der Waals surface area contributed by atoms with E-state index in [1.807, 2.05) is 12.1 Å². The molecule has 6 heteroatoms. The van der Waals surface area contributed by atoms with Crippen molar-refractivity contribution in [1.82, 2.24) is 4.98 Å². The molecule has 128 valence electrons. The van der Waals surface area contributed by atoms with E-state index in [2.05, 4.69) is 36.7 Å². The van der Waals surface area contributed by atoms with E-state index in [0.29, 0.717) is 0 Å². The second-order valence-electron chi connectivity index (χ2n) is 7.22. The van der Waals surface area contributed by atoms with E-state index in [-0.39, 0.29) is 16.5 Å². The minimum atomic E-state index is -1.00. The molecule has 0 radical (unpaired) electrons. The van der Waals surface area contributed by atoms with Gasteiger partial charge in [-0.1, -0.05) is 20.8 Å². The number of benzene rings is 1. The van der Waals surface area contributed by atoms with Gasteiger partial charge in [0, 0.05) is 39.8 Å². The first-order valence-corrected chi connectivity index (χ1v) is 8.92. The van der Waals surface area contributed by atoms with Crippen molar-refractivity contribution in [2.24, 2.45) is 5.73 Å². The Kier molecular flexibility index (Phi) is 4.44. The van der Waals surface area contributed by atoms with Gasteiger partial charge in [0.15, 0.2) is 5.69 Å². The van der Waals surface area contributed by atoms with Crippen LogP contribution in [0.1, 0.15) is 37.7 Å². The van der Waals surface area contributed by atoms with Gasteiger partial charge in [-0.15, -0.1) is 11.8 Å². The molecule has 24 heavy (non-hydrogen) atoms. The minimum Gasteiger partial charge on any atom is -0.477 e. The Bertz CT molecular complexity index is 786. The van der Waals surface area contributed by atoms with Crippen LogP contribution < -0.4 is 10.6 Å². The molecule has 0 saturated carbocycles. The number of carboxylic acids is 1. The summed E-state index contributed by atoms with van der Waals surface area (Å²) in [6.45, 7) is 8.05. The molecule has 1 aromatic heterocycles. The van der Waals surface area contributed by atoms with E-state index in [4.69, 9.17) is 5.73 Å². The zero-order valence-electron chi connectivity index (χ0n) is 14.2. The number of aromatic carboxylic acids is 1. The molecule has 0 unspecified atom stereocenters. The highest BCUT2D eigenvalue weighted by Gasteiger charge is 2.23. The average Bonchev–Trinajstić information content (AvgIpc) is 2.90. The van der Waals surface area contributed by atoms with Crippen LogP contribution in [0.4, 0.5) is 5.69 Å². The van der Waals surface area contributed by atoms with Crippen molar-refractivity contribution in [2.45, 2.75) is 42.9 Å². The molecule has 1 atom stereocenters. The number of nitrogens with two attached hydrogens (primary N) is 1. The highest BCUT2D eigenvalue weighted by molar-refractivity contribution is 8.00. The molecule has 3 rings (SSSR count). The lowest BCUT2D eigenvalue weighted by Crippen LogP contribution is -2.26. The Morgan fingerprint density at radius 3 is 2.71 bits per heavy atom. The van der Waals surface area contributed by atoms with Gasteiger partial charge < -0.3 is 15.7 Å². The molecule has 2 heterocycles. The molecule has 0 aliphatic carbocycles.